The molecule has 0 saturated heterocycles. The number of carbonyl (C=O) groups excluding carboxylic acids is 1. The van der Waals surface area contributed by atoms with Gasteiger partial charge in [0.15, 0.2) is 0 Å². The maximum atomic E-state index is 12.7. The van der Waals surface area contributed by atoms with Gasteiger partial charge in [0, 0.05) is 6.42 Å². The average Bonchev–Trinajstić information content (AvgIpc) is 2.92. The minimum atomic E-state index is -4.29. The highest BCUT2D eigenvalue weighted by molar-refractivity contribution is 7.47. The highest BCUT2D eigenvalue weighted by atomic mass is 31.2. The first-order valence-electron chi connectivity index (χ1n) is 16.7. The summed E-state index contributed by atoms with van der Waals surface area (Å²) >= 11 is 0. The largest absolute Gasteiger partial charge is 0.472 e. The van der Waals surface area contributed by atoms with Gasteiger partial charge in [0.2, 0.25) is 5.91 Å². The number of phosphoric acid groups is 1. The summed E-state index contributed by atoms with van der Waals surface area (Å²) in [5.74, 6) is -0.167. The van der Waals surface area contributed by atoms with Gasteiger partial charge in [-0.05, 0) is 38.5 Å². The smallest absolute Gasteiger partial charge is 0.391 e. The van der Waals surface area contributed by atoms with Crippen LogP contribution >= 0.6 is 7.82 Å². The molecule has 3 atom stereocenters. The molecule has 0 aliphatic carbocycles. The van der Waals surface area contributed by atoms with Gasteiger partial charge < -0.3 is 19.8 Å². The van der Waals surface area contributed by atoms with Crippen LogP contribution in [0.25, 0.3) is 0 Å². The molecule has 0 aliphatic rings. The number of phosphoric ester groups is 1. The number of nitrogens with one attached hydrogen (secondary N) is 1. The van der Waals surface area contributed by atoms with E-state index in [9.17, 15) is 19.4 Å². The van der Waals surface area contributed by atoms with Crippen molar-refractivity contribution in [3.05, 3.63) is 24.3 Å². The number of hydrogen-bond donors (Lipinski definition) is 3. The standard InChI is InChI=1S/C33H65N2O6P/c1-6-8-10-12-14-15-16-17-18-19-21-23-25-27-33(37)34-31(32(36)26-24-22-20-13-11-9-7-2)30-41-42(38,39)40-29-28-35(3,4)5/h10,12,15-16,31-32,36H,6-9,11,13-14,17-30H2,1-5H3,(H-,34,37,38,39)/p+1/b12-10-,16-15-. The van der Waals surface area contributed by atoms with Crippen molar-refractivity contribution in [2.75, 3.05) is 40.9 Å². The molecule has 0 aromatic heterocycles. The van der Waals surface area contributed by atoms with Crippen molar-refractivity contribution in [3.63, 3.8) is 0 Å². The number of nitrogens with zero attached hydrogens (tertiary/aromatic N) is 1. The van der Waals surface area contributed by atoms with Gasteiger partial charge in [-0.15, -0.1) is 0 Å². The van der Waals surface area contributed by atoms with E-state index in [1.54, 1.807) is 0 Å². The highest BCUT2D eigenvalue weighted by Crippen LogP contribution is 2.43. The summed E-state index contributed by atoms with van der Waals surface area (Å²) in [5, 5.41) is 13.7. The first kappa shape index (κ1) is 41.0. The van der Waals surface area contributed by atoms with Crippen LogP contribution in [0.3, 0.4) is 0 Å². The third kappa shape index (κ3) is 27.8. The Balaban J connectivity index is 4.51. The summed E-state index contributed by atoms with van der Waals surface area (Å²) in [7, 11) is 1.59. The first-order valence-corrected chi connectivity index (χ1v) is 18.2. The lowest BCUT2D eigenvalue weighted by molar-refractivity contribution is -0.870. The van der Waals surface area contributed by atoms with Crippen LogP contribution in [-0.2, 0) is 18.4 Å². The molecule has 0 heterocycles. The summed E-state index contributed by atoms with van der Waals surface area (Å²) in [4.78, 5) is 22.8. The minimum absolute atomic E-state index is 0.0710. The van der Waals surface area contributed by atoms with E-state index in [1.165, 1.54) is 32.1 Å². The third-order valence-electron chi connectivity index (χ3n) is 7.18. The van der Waals surface area contributed by atoms with Crippen LogP contribution in [0.5, 0.6) is 0 Å². The zero-order valence-electron chi connectivity index (χ0n) is 27.7. The second-order valence-corrected chi connectivity index (χ2v) is 14.0. The molecule has 0 aromatic carbocycles. The Morgan fingerprint density at radius 2 is 1.40 bits per heavy atom. The van der Waals surface area contributed by atoms with Crippen molar-refractivity contribution in [2.24, 2.45) is 0 Å². The molecule has 0 aliphatic heterocycles. The van der Waals surface area contributed by atoms with E-state index in [0.717, 1.165) is 70.6 Å². The van der Waals surface area contributed by atoms with Crippen LogP contribution < -0.4 is 5.32 Å². The van der Waals surface area contributed by atoms with Crippen molar-refractivity contribution in [3.8, 4) is 0 Å². The number of aliphatic hydroxyl groups is 1. The quantitative estimate of drug-likeness (QED) is 0.0342. The molecule has 0 saturated carbocycles. The predicted octanol–water partition coefficient (Wildman–Crippen LogP) is 7.85. The Hall–Kier alpha value is -1.02. The summed E-state index contributed by atoms with van der Waals surface area (Å²) in [6.45, 7) is 4.72. The Bertz CT molecular complexity index is 753. The first-order chi connectivity index (χ1) is 20.0. The molecule has 42 heavy (non-hydrogen) atoms. The van der Waals surface area contributed by atoms with Gasteiger partial charge in [-0.2, -0.15) is 0 Å². The second-order valence-electron chi connectivity index (χ2n) is 12.5. The van der Waals surface area contributed by atoms with Crippen molar-refractivity contribution in [1.82, 2.24) is 5.32 Å². The highest BCUT2D eigenvalue weighted by Gasteiger charge is 2.28. The number of rotatable bonds is 29. The van der Waals surface area contributed by atoms with Crippen molar-refractivity contribution in [2.45, 2.75) is 142 Å². The topological polar surface area (TPSA) is 105 Å². The number of amides is 1. The molecular weight excluding hydrogens is 551 g/mol. The normalized spacial score (nSPS) is 15.3. The van der Waals surface area contributed by atoms with Gasteiger partial charge in [0.1, 0.15) is 13.2 Å². The Morgan fingerprint density at radius 1 is 0.810 bits per heavy atom. The van der Waals surface area contributed by atoms with Gasteiger partial charge in [-0.25, -0.2) is 4.57 Å². The van der Waals surface area contributed by atoms with E-state index in [0.29, 0.717) is 23.9 Å². The second kappa shape index (κ2) is 26.4. The fraction of sp³-hybridized carbons (Fsp3) is 0.848. The molecule has 0 fully saturated rings. The van der Waals surface area contributed by atoms with E-state index in [-0.39, 0.29) is 19.1 Å². The number of quaternary nitrogens is 1. The van der Waals surface area contributed by atoms with Crippen LogP contribution in [0.1, 0.15) is 129 Å². The lowest BCUT2D eigenvalue weighted by atomic mass is 10.0. The SMILES string of the molecule is CCC/C=C\C/C=C\CCCCCCCC(=O)NC(COP(=O)(O)OCC[N+](C)(C)C)C(O)CCCCCCCCC. The summed E-state index contributed by atoms with van der Waals surface area (Å²) in [5.41, 5.74) is 0. The maximum Gasteiger partial charge on any atom is 0.472 e. The lowest BCUT2D eigenvalue weighted by Crippen LogP contribution is -2.46. The Kier molecular flexibility index (Phi) is 25.7. The molecular formula is C33H66N2O6P+. The Labute approximate surface area is 258 Å². The summed E-state index contributed by atoms with van der Waals surface area (Å²) in [6.07, 6.45) is 26.4. The zero-order valence-corrected chi connectivity index (χ0v) is 28.6. The van der Waals surface area contributed by atoms with Crippen molar-refractivity contribution >= 4 is 13.7 Å². The molecule has 0 aromatic rings. The molecule has 8 nitrogen and oxygen atoms in total. The molecule has 248 valence electrons. The molecule has 0 rings (SSSR count). The number of hydrogen-bond acceptors (Lipinski definition) is 5. The number of carbonyl (C=O) groups is 1. The van der Waals surface area contributed by atoms with Crippen LogP contribution in [0.15, 0.2) is 24.3 Å². The van der Waals surface area contributed by atoms with Crippen LogP contribution in [-0.4, -0.2) is 73.4 Å². The fourth-order valence-electron chi connectivity index (χ4n) is 4.43. The van der Waals surface area contributed by atoms with Crippen LogP contribution in [0, 0.1) is 0 Å². The zero-order chi connectivity index (χ0) is 31.5. The third-order valence-corrected chi connectivity index (χ3v) is 8.17. The average molecular weight is 618 g/mol. The molecule has 3 unspecified atom stereocenters. The van der Waals surface area contributed by atoms with Crippen molar-refractivity contribution < 1.29 is 32.9 Å². The number of unbranched alkanes of at least 4 members (excludes halogenated alkanes) is 12. The molecule has 0 radical (unpaired) electrons. The lowest BCUT2D eigenvalue weighted by Gasteiger charge is -2.26. The summed E-state index contributed by atoms with van der Waals surface area (Å²) in [6, 6.07) is -0.760. The molecule has 9 heteroatoms. The van der Waals surface area contributed by atoms with E-state index >= 15 is 0 Å². The maximum absolute atomic E-state index is 12.7. The predicted molar refractivity (Wildman–Crippen MR) is 175 cm³/mol. The Morgan fingerprint density at radius 3 is 2.05 bits per heavy atom. The van der Waals surface area contributed by atoms with Gasteiger partial charge in [0.05, 0.1) is 39.9 Å². The van der Waals surface area contributed by atoms with E-state index in [4.69, 9.17) is 9.05 Å². The van der Waals surface area contributed by atoms with Gasteiger partial charge in [-0.3, -0.25) is 13.8 Å². The molecule has 3 N–H and O–H groups in total. The molecule has 0 spiro atoms. The minimum Gasteiger partial charge on any atom is -0.391 e. The number of allylic oxidation sites excluding steroid dienone is 4. The van der Waals surface area contributed by atoms with Crippen molar-refractivity contribution in [1.29, 1.82) is 0 Å². The van der Waals surface area contributed by atoms with E-state index in [2.05, 4.69) is 43.5 Å². The van der Waals surface area contributed by atoms with E-state index in [1.807, 2.05) is 21.1 Å². The molecule has 0 bridgehead atoms. The van der Waals surface area contributed by atoms with Crippen LogP contribution in [0.2, 0.25) is 0 Å². The fourth-order valence-corrected chi connectivity index (χ4v) is 5.17. The number of likely N-dealkylation sites (N-methyl/N-ethyl adjacent to an activating group) is 1. The summed E-state index contributed by atoms with van der Waals surface area (Å²) < 4.78 is 23.3. The van der Waals surface area contributed by atoms with E-state index < -0.39 is 20.0 Å². The monoisotopic (exact) mass is 617 g/mol. The van der Waals surface area contributed by atoms with Gasteiger partial charge >= 0.3 is 7.82 Å². The number of aliphatic hydroxyl groups excluding tert-OH is 1. The van der Waals surface area contributed by atoms with Crippen LogP contribution in [0.4, 0.5) is 0 Å². The van der Waals surface area contributed by atoms with Gasteiger partial charge in [0.25, 0.3) is 0 Å². The van der Waals surface area contributed by atoms with Gasteiger partial charge in [-0.1, -0.05) is 109 Å². The molecule has 1 amide bonds.